The van der Waals surface area contributed by atoms with Crippen molar-refractivity contribution in [2.75, 3.05) is 19.6 Å². The van der Waals surface area contributed by atoms with Crippen LogP contribution in [0.3, 0.4) is 0 Å². The highest BCUT2D eigenvalue weighted by Gasteiger charge is 2.31. The summed E-state index contributed by atoms with van der Waals surface area (Å²) in [5.74, 6) is -0.0722. The van der Waals surface area contributed by atoms with Crippen LogP contribution in [0.15, 0.2) is 24.3 Å². The summed E-state index contributed by atoms with van der Waals surface area (Å²) in [5.41, 5.74) is 5.98. The maximum Gasteiger partial charge on any atom is 0.416 e. The molecule has 0 aromatic heterocycles. The van der Waals surface area contributed by atoms with Gasteiger partial charge in [-0.15, -0.1) is 24.8 Å². The SMILES string of the molecule is CCN(CC)C(CNC(=O)C1CCC(N)C1)c1ccc(C(F)(F)F)cc1.Cl.Cl. The minimum absolute atomic E-state index is 0. The van der Waals surface area contributed by atoms with Crippen LogP contribution in [0.2, 0.25) is 0 Å². The maximum absolute atomic E-state index is 12.8. The topological polar surface area (TPSA) is 58.4 Å². The molecule has 0 spiro atoms. The molecule has 2 rings (SSSR count). The number of likely N-dealkylation sites (N-methyl/N-ethyl adjacent to an activating group) is 1. The third-order valence-electron chi connectivity index (χ3n) is 5.19. The third-order valence-corrected chi connectivity index (χ3v) is 5.19. The molecule has 0 aliphatic heterocycles. The minimum Gasteiger partial charge on any atom is -0.354 e. The van der Waals surface area contributed by atoms with Crippen molar-refractivity contribution >= 4 is 30.7 Å². The van der Waals surface area contributed by atoms with Gasteiger partial charge in [-0.2, -0.15) is 13.2 Å². The van der Waals surface area contributed by atoms with Gasteiger partial charge in [0, 0.05) is 18.5 Å². The first-order chi connectivity index (χ1) is 12.3. The van der Waals surface area contributed by atoms with Gasteiger partial charge in [-0.05, 0) is 50.0 Å². The fraction of sp³-hybridized carbons (Fsp3) is 0.632. The third kappa shape index (κ3) is 7.10. The number of hydrogen-bond donors (Lipinski definition) is 2. The Morgan fingerprint density at radius 3 is 2.18 bits per heavy atom. The second kappa shape index (κ2) is 11.9. The molecule has 1 amide bonds. The van der Waals surface area contributed by atoms with E-state index in [4.69, 9.17) is 5.73 Å². The summed E-state index contributed by atoms with van der Waals surface area (Å²) in [4.78, 5) is 14.5. The monoisotopic (exact) mass is 443 g/mol. The highest BCUT2D eigenvalue weighted by molar-refractivity contribution is 5.85. The summed E-state index contributed by atoms with van der Waals surface area (Å²) in [6.07, 6.45) is -2.00. The van der Waals surface area contributed by atoms with E-state index in [2.05, 4.69) is 10.2 Å². The average Bonchev–Trinajstić information content (AvgIpc) is 3.04. The second-order valence-corrected chi connectivity index (χ2v) is 6.87. The number of carbonyl (C=O) groups is 1. The first-order valence-electron chi connectivity index (χ1n) is 9.20. The number of nitrogens with one attached hydrogen (secondary N) is 1. The van der Waals surface area contributed by atoms with Gasteiger partial charge >= 0.3 is 6.18 Å². The fourth-order valence-corrected chi connectivity index (χ4v) is 3.61. The van der Waals surface area contributed by atoms with Gasteiger partial charge in [0.2, 0.25) is 5.91 Å². The summed E-state index contributed by atoms with van der Waals surface area (Å²) >= 11 is 0. The van der Waals surface area contributed by atoms with Crippen LogP contribution in [0, 0.1) is 5.92 Å². The average molecular weight is 444 g/mol. The minimum atomic E-state index is -4.35. The lowest BCUT2D eigenvalue weighted by Crippen LogP contribution is -2.40. The van der Waals surface area contributed by atoms with Crippen molar-refractivity contribution in [1.82, 2.24) is 10.2 Å². The molecule has 1 aliphatic rings. The highest BCUT2D eigenvalue weighted by atomic mass is 35.5. The molecule has 4 nitrogen and oxygen atoms in total. The molecule has 9 heteroatoms. The Hall–Kier alpha value is -1.02. The quantitative estimate of drug-likeness (QED) is 0.664. The molecule has 28 heavy (non-hydrogen) atoms. The van der Waals surface area contributed by atoms with Crippen molar-refractivity contribution in [3.63, 3.8) is 0 Å². The lowest BCUT2D eigenvalue weighted by molar-refractivity contribution is -0.137. The van der Waals surface area contributed by atoms with E-state index in [1.165, 1.54) is 12.1 Å². The molecule has 3 unspecified atom stereocenters. The first kappa shape index (κ1) is 27.0. The zero-order valence-electron chi connectivity index (χ0n) is 16.2. The van der Waals surface area contributed by atoms with Crippen LogP contribution < -0.4 is 11.1 Å². The zero-order valence-corrected chi connectivity index (χ0v) is 17.8. The standard InChI is InChI=1S/C19H28F3N3O.2ClH/c1-3-25(4-2)17(12-24-18(26)14-7-10-16(23)11-14)13-5-8-15(9-6-13)19(20,21)22;;/h5-6,8-9,14,16-17H,3-4,7,10-12,23H2,1-2H3,(H,24,26);2*1H. The van der Waals surface area contributed by atoms with E-state index >= 15 is 0 Å². The first-order valence-corrected chi connectivity index (χ1v) is 9.20. The predicted molar refractivity (Wildman–Crippen MR) is 110 cm³/mol. The van der Waals surface area contributed by atoms with E-state index in [1.54, 1.807) is 0 Å². The fourth-order valence-electron chi connectivity index (χ4n) is 3.61. The van der Waals surface area contributed by atoms with Crippen molar-refractivity contribution < 1.29 is 18.0 Å². The summed E-state index contributed by atoms with van der Waals surface area (Å²) < 4.78 is 38.4. The number of alkyl halides is 3. The molecule has 3 atom stereocenters. The molecule has 0 radical (unpaired) electrons. The largest absolute Gasteiger partial charge is 0.416 e. The molecule has 1 saturated carbocycles. The lowest BCUT2D eigenvalue weighted by Gasteiger charge is -2.31. The van der Waals surface area contributed by atoms with Crippen LogP contribution >= 0.6 is 24.8 Å². The van der Waals surface area contributed by atoms with Crippen LogP contribution in [-0.2, 0) is 11.0 Å². The van der Waals surface area contributed by atoms with Crippen LogP contribution in [0.4, 0.5) is 13.2 Å². The van der Waals surface area contributed by atoms with E-state index in [9.17, 15) is 18.0 Å². The van der Waals surface area contributed by atoms with Crippen LogP contribution in [0.25, 0.3) is 0 Å². The summed E-state index contributed by atoms with van der Waals surface area (Å²) in [6, 6.07) is 5.13. The maximum atomic E-state index is 12.8. The molecule has 1 aromatic carbocycles. The molecule has 0 bridgehead atoms. The highest BCUT2D eigenvalue weighted by Crippen LogP contribution is 2.31. The van der Waals surface area contributed by atoms with E-state index in [1.807, 2.05) is 13.8 Å². The van der Waals surface area contributed by atoms with Gasteiger partial charge in [0.15, 0.2) is 0 Å². The van der Waals surface area contributed by atoms with Crippen LogP contribution in [0.5, 0.6) is 0 Å². The molecule has 1 aromatic rings. The van der Waals surface area contributed by atoms with Gasteiger partial charge in [0.25, 0.3) is 0 Å². The molecule has 0 heterocycles. The number of nitrogens with zero attached hydrogens (tertiary/aromatic N) is 1. The van der Waals surface area contributed by atoms with Gasteiger partial charge in [0.1, 0.15) is 0 Å². The van der Waals surface area contributed by atoms with Gasteiger partial charge < -0.3 is 11.1 Å². The molecule has 0 saturated heterocycles. The lowest BCUT2D eigenvalue weighted by atomic mass is 10.0. The number of nitrogens with two attached hydrogens (primary N) is 1. The van der Waals surface area contributed by atoms with E-state index in [0.29, 0.717) is 13.0 Å². The molecule has 1 aliphatic carbocycles. The summed E-state index contributed by atoms with van der Waals surface area (Å²) in [7, 11) is 0. The van der Waals surface area contributed by atoms with Gasteiger partial charge in [-0.3, -0.25) is 9.69 Å². The Labute approximate surface area is 177 Å². The van der Waals surface area contributed by atoms with E-state index in [-0.39, 0.29) is 48.7 Å². The normalized spacial score (nSPS) is 20.2. The Morgan fingerprint density at radius 1 is 1.18 bits per heavy atom. The van der Waals surface area contributed by atoms with Crippen LogP contribution in [-0.4, -0.2) is 36.5 Å². The molecular weight excluding hydrogens is 414 g/mol. The zero-order chi connectivity index (χ0) is 19.3. The van der Waals surface area contributed by atoms with Gasteiger partial charge in [-0.1, -0.05) is 26.0 Å². The van der Waals surface area contributed by atoms with Crippen molar-refractivity contribution in [3.05, 3.63) is 35.4 Å². The predicted octanol–water partition coefficient (Wildman–Crippen LogP) is 4.18. The molecule has 162 valence electrons. The number of halogens is 5. The number of benzene rings is 1. The Morgan fingerprint density at radius 2 is 1.75 bits per heavy atom. The van der Waals surface area contributed by atoms with Crippen molar-refractivity contribution in [3.8, 4) is 0 Å². The van der Waals surface area contributed by atoms with Gasteiger partial charge in [-0.25, -0.2) is 0 Å². The Kier molecular flexibility index (Phi) is 11.4. The molecular formula is C19H30Cl2F3N3O. The molecule has 3 N–H and O–H groups in total. The second-order valence-electron chi connectivity index (χ2n) is 6.87. The number of hydrogen-bond acceptors (Lipinski definition) is 3. The van der Waals surface area contributed by atoms with Crippen molar-refractivity contribution in [1.29, 1.82) is 0 Å². The Bertz CT molecular complexity index is 595. The van der Waals surface area contributed by atoms with Crippen LogP contribution in [0.1, 0.15) is 50.3 Å². The smallest absolute Gasteiger partial charge is 0.354 e. The van der Waals surface area contributed by atoms with Crippen molar-refractivity contribution in [2.24, 2.45) is 11.7 Å². The Balaban J connectivity index is 0.00000364. The number of amides is 1. The van der Waals surface area contributed by atoms with Crippen molar-refractivity contribution in [2.45, 2.75) is 51.4 Å². The van der Waals surface area contributed by atoms with E-state index in [0.717, 1.165) is 43.6 Å². The number of rotatable bonds is 7. The molecule has 1 fully saturated rings. The summed E-state index contributed by atoms with van der Waals surface area (Å²) in [5, 5.41) is 2.98. The van der Waals surface area contributed by atoms with E-state index < -0.39 is 11.7 Å². The number of carbonyl (C=O) groups excluding carboxylic acids is 1. The summed E-state index contributed by atoms with van der Waals surface area (Å²) in [6.45, 7) is 5.85. The van der Waals surface area contributed by atoms with Gasteiger partial charge in [0.05, 0.1) is 11.6 Å².